The largest absolute Gasteiger partial charge is 0.493 e. The first-order valence-corrected chi connectivity index (χ1v) is 12.1. The van der Waals surface area contributed by atoms with E-state index >= 15 is 0 Å². The standard InChI is InChI=1S/C31H24N4O3/c1-37-27-16-15-20(18-28(27)38-2)17-26-31(36)35(30(34-26)21-9-4-3-5-10-21)23-12-8-11-22(19-23)29-32-24-13-6-7-14-25(24)33-29/h3-19H,1-2H3,(H,32,33). The van der Waals surface area contributed by atoms with Crippen LogP contribution in [-0.4, -0.2) is 35.9 Å². The van der Waals surface area contributed by atoms with Crippen LogP contribution in [0.3, 0.4) is 0 Å². The number of carbonyl (C=O) groups excluding carboxylic acids is 1. The van der Waals surface area contributed by atoms with Gasteiger partial charge in [-0.1, -0.05) is 60.7 Å². The number of carbonyl (C=O) groups is 1. The summed E-state index contributed by atoms with van der Waals surface area (Å²) in [5.41, 5.74) is 5.35. The lowest BCUT2D eigenvalue weighted by atomic mass is 10.1. The number of H-pyrrole nitrogens is 1. The van der Waals surface area contributed by atoms with E-state index in [1.165, 1.54) is 0 Å². The Morgan fingerprint density at radius 3 is 2.34 bits per heavy atom. The van der Waals surface area contributed by atoms with Gasteiger partial charge in [0.2, 0.25) is 0 Å². The highest BCUT2D eigenvalue weighted by Crippen LogP contribution is 2.33. The van der Waals surface area contributed by atoms with Crippen molar-refractivity contribution in [3.63, 3.8) is 0 Å². The third-order valence-electron chi connectivity index (χ3n) is 6.37. The van der Waals surface area contributed by atoms with Gasteiger partial charge in [0.05, 0.1) is 30.9 Å². The van der Waals surface area contributed by atoms with Crippen molar-refractivity contribution in [1.82, 2.24) is 9.97 Å². The van der Waals surface area contributed by atoms with Crippen LogP contribution >= 0.6 is 0 Å². The maximum absolute atomic E-state index is 13.8. The third-order valence-corrected chi connectivity index (χ3v) is 6.37. The van der Waals surface area contributed by atoms with Gasteiger partial charge in [-0.15, -0.1) is 0 Å². The van der Waals surface area contributed by atoms with Crippen LogP contribution in [0.1, 0.15) is 11.1 Å². The fraction of sp³-hybridized carbons (Fsp3) is 0.0645. The van der Waals surface area contributed by atoms with E-state index in [4.69, 9.17) is 19.5 Å². The molecule has 0 radical (unpaired) electrons. The van der Waals surface area contributed by atoms with Crippen LogP contribution in [0.15, 0.2) is 108 Å². The molecule has 0 atom stereocenters. The number of anilines is 1. The maximum Gasteiger partial charge on any atom is 0.282 e. The summed E-state index contributed by atoms with van der Waals surface area (Å²) in [4.78, 5) is 28.3. The first kappa shape index (κ1) is 23.2. The number of benzene rings is 4. The Labute approximate surface area is 219 Å². The zero-order valence-corrected chi connectivity index (χ0v) is 20.9. The molecule has 1 aromatic heterocycles. The number of nitrogens with one attached hydrogen (secondary N) is 1. The van der Waals surface area contributed by atoms with Gasteiger partial charge in [0.15, 0.2) is 11.5 Å². The van der Waals surface area contributed by atoms with Crippen LogP contribution in [0.4, 0.5) is 5.69 Å². The quantitative estimate of drug-likeness (QED) is 0.287. The molecule has 186 valence electrons. The van der Waals surface area contributed by atoms with Crippen molar-refractivity contribution in [2.24, 2.45) is 4.99 Å². The second-order valence-electron chi connectivity index (χ2n) is 8.74. The van der Waals surface area contributed by atoms with E-state index in [-0.39, 0.29) is 5.91 Å². The van der Waals surface area contributed by atoms with Crippen molar-refractivity contribution >= 4 is 34.5 Å². The number of imidazole rings is 1. The van der Waals surface area contributed by atoms with Crippen LogP contribution in [-0.2, 0) is 4.79 Å². The molecular formula is C31H24N4O3. The zero-order valence-electron chi connectivity index (χ0n) is 20.9. The minimum absolute atomic E-state index is 0.222. The van der Waals surface area contributed by atoms with Gasteiger partial charge >= 0.3 is 0 Å². The first-order chi connectivity index (χ1) is 18.6. The summed E-state index contributed by atoms with van der Waals surface area (Å²) in [6.45, 7) is 0. The molecule has 6 rings (SSSR count). The average molecular weight is 501 g/mol. The summed E-state index contributed by atoms with van der Waals surface area (Å²) in [7, 11) is 3.17. The molecule has 0 unspecified atom stereocenters. The minimum Gasteiger partial charge on any atom is -0.493 e. The number of ether oxygens (including phenoxy) is 2. The molecule has 38 heavy (non-hydrogen) atoms. The molecule has 2 heterocycles. The summed E-state index contributed by atoms with van der Waals surface area (Å²) in [6.07, 6.45) is 1.76. The van der Waals surface area contributed by atoms with Crippen LogP contribution in [0.5, 0.6) is 11.5 Å². The van der Waals surface area contributed by atoms with Crippen molar-refractivity contribution < 1.29 is 14.3 Å². The lowest BCUT2D eigenvalue weighted by Crippen LogP contribution is -2.32. The Balaban J connectivity index is 1.43. The van der Waals surface area contributed by atoms with Crippen LogP contribution in [0.2, 0.25) is 0 Å². The summed E-state index contributed by atoms with van der Waals surface area (Å²) in [6, 6.07) is 30.8. The zero-order chi connectivity index (χ0) is 26.1. The molecule has 0 spiro atoms. The van der Waals surface area contributed by atoms with Gasteiger partial charge in [0, 0.05) is 11.1 Å². The van der Waals surface area contributed by atoms with Crippen molar-refractivity contribution in [3.8, 4) is 22.9 Å². The molecule has 0 bridgehead atoms. The molecule has 4 aromatic carbocycles. The summed E-state index contributed by atoms with van der Waals surface area (Å²) < 4.78 is 10.8. The Morgan fingerprint density at radius 1 is 0.789 bits per heavy atom. The monoisotopic (exact) mass is 500 g/mol. The Morgan fingerprint density at radius 2 is 1.55 bits per heavy atom. The van der Waals surface area contributed by atoms with E-state index in [1.54, 1.807) is 31.3 Å². The SMILES string of the molecule is COc1ccc(C=C2N=C(c3ccccc3)N(c3cccc(-c4nc5ccccc5[nH]4)c3)C2=O)cc1OC. The lowest BCUT2D eigenvalue weighted by molar-refractivity contribution is -0.113. The fourth-order valence-corrected chi connectivity index (χ4v) is 4.52. The number of aromatic nitrogens is 2. The number of nitrogens with zero attached hydrogens (tertiary/aromatic N) is 3. The van der Waals surface area contributed by atoms with Crippen molar-refractivity contribution in [2.45, 2.75) is 0 Å². The molecule has 1 aliphatic heterocycles. The van der Waals surface area contributed by atoms with Gasteiger partial charge < -0.3 is 14.5 Å². The maximum atomic E-state index is 13.8. The number of hydrogen-bond acceptors (Lipinski definition) is 5. The molecule has 1 aliphatic rings. The van der Waals surface area contributed by atoms with Gasteiger partial charge in [0.25, 0.3) is 5.91 Å². The lowest BCUT2D eigenvalue weighted by Gasteiger charge is -2.19. The molecule has 1 N–H and O–H groups in total. The predicted molar refractivity (Wildman–Crippen MR) is 150 cm³/mol. The molecular weight excluding hydrogens is 476 g/mol. The highest BCUT2D eigenvalue weighted by Gasteiger charge is 2.32. The molecule has 1 amide bonds. The fourth-order valence-electron chi connectivity index (χ4n) is 4.52. The molecule has 7 nitrogen and oxygen atoms in total. The number of fused-ring (bicyclic) bond motifs is 1. The van der Waals surface area contributed by atoms with Crippen LogP contribution < -0.4 is 14.4 Å². The van der Waals surface area contributed by atoms with Crippen molar-refractivity contribution in [2.75, 3.05) is 19.1 Å². The number of hydrogen-bond donors (Lipinski definition) is 1. The average Bonchev–Trinajstić information content (AvgIpc) is 3.55. The molecule has 0 aliphatic carbocycles. The number of rotatable bonds is 6. The molecule has 7 heteroatoms. The van der Waals surface area contributed by atoms with Gasteiger partial charge in [-0.3, -0.25) is 9.69 Å². The third kappa shape index (κ3) is 4.20. The Hall–Kier alpha value is -5.17. The van der Waals surface area contributed by atoms with E-state index in [2.05, 4.69) is 4.98 Å². The topological polar surface area (TPSA) is 79.8 Å². The number of para-hydroxylation sites is 2. The molecule has 0 saturated carbocycles. The highest BCUT2D eigenvalue weighted by atomic mass is 16.5. The van der Waals surface area contributed by atoms with E-state index in [0.717, 1.165) is 33.5 Å². The van der Waals surface area contributed by atoms with Gasteiger partial charge in [0.1, 0.15) is 17.4 Å². The van der Waals surface area contributed by atoms with Gasteiger partial charge in [-0.2, -0.15) is 0 Å². The van der Waals surface area contributed by atoms with Crippen LogP contribution in [0.25, 0.3) is 28.5 Å². The number of amides is 1. The van der Waals surface area contributed by atoms with E-state index in [0.29, 0.717) is 28.7 Å². The van der Waals surface area contributed by atoms with Crippen molar-refractivity contribution in [1.29, 1.82) is 0 Å². The van der Waals surface area contributed by atoms with E-state index in [1.807, 2.05) is 91.0 Å². The Bertz CT molecular complexity index is 1690. The normalized spacial score (nSPS) is 14.3. The summed E-state index contributed by atoms with van der Waals surface area (Å²) in [5.74, 6) is 2.27. The smallest absolute Gasteiger partial charge is 0.282 e. The second kappa shape index (κ2) is 9.71. The minimum atomic E-state index is -0.222. The van der Waals surface area contributed by atoms with Crippen LogP contribution in [0, 0.1) is 0 Å². The van der Waals surface area contributed by atoms with Gasteiger partial charge in [-0.25, -0.2) is 9.98 Å². The highest BCUT2D eigenvalue weighted by molar-refractivity contribution is 6.33. The summed E-state index contributed by atoms with van der Waals surface area (Å²) >= 11 is 0. The number of aromatic amines is 1. The number of methoxy groups -OCH3 is 2. The first-order valence-electron chi connectivity index (χ1n) is 12.1. The Kier molecular flexibility index (Phi) is 5.94. The van der Waals surface area contributed by atoms with E-state index < -0.39 is 0 Å². The number of aliphatic imine (C=N–C) groups is 1. The van der Waals surface area contributed by atoms with Crippen molar-refractivity contribution in [3.05, 3.63) is 114 Å². The second-order valence-corrected chi connectivity index (χ2v) is 8.74. The molecule has 0 fully saturated rings. The summed E-state index contributed by atoms with van der Waals surface area (Å²) in [5, 5.41) is 0. The molecule has 5 aromatic rings. The predicted octanol–water partition coefficient (Wildman–Crippen LogP) is 6.08. The van der Waals surface area contributed by atoms with E-state index in [9.17, 15) is 4.79 Å². The van der Waals surface area contributed by atoms with Gasteiger partial charge in [-0.05, 0) is 48.0 Å². The molecule has 0 saturated heterocycles. The number of amidine groups is 1.